The number of hydrogen-bond acceptors (Lipinski definition) is 3. The molecular weight excluding hydrogens is 491 g/mol. The average Bonchev–Trinajstić information content (AvgIpc) is 3.26. The number of halogens is 3. The van der Waals surface area contributed by atoms with Crippen molar-refractivity contribution in [3.8, 4) is 11.4 Å². The standard InChI is InChI=1S/C30H30F3N3O2/c1-18-15-19(2)27(20(3)16-18)29(37)35-14-6-5-7-26(35)28-34-24-17-21(30(31,32)33)8-13-25(24)36(28)22-9-11-23(38-4)12-10-22/h8-13,15-17,26H,5-7,14H2,1-4H3. The monoisotopic (exact) mass is 521 g/mol. The van der Waals surface area contributed by atoms with E-state index in [1.54, 1.807) is 19.2 Å². The van der Waals surface area contributed by atoms with Gasteiger partial charge in [-0.25, -0.2) is 4.98 Å². The molecule has 1 saturated heterocycles. The van der Waals surface area contributed by atoms with Crippen LogP contribution in [0.2, 0.25) is 0 Å². The highest BCUT2D eigenvalue weighted by Gasteiger charge is 2.35. The third-order valence-corrected chi connectivity index (χ3v) is 7.29. The Labute approximate surface area is 219 Å². The fourth-order valence-electron chi connectivity index (χ4n) is 5.61. The molecule has 0 radical (unpaired) electrons. The Hall–Kier alpha value is -3.81. The van der Waals surface area contributed by atoms with Gasteiger partial charge in [0.1, 0.15) is 11.6 Å². The van der Waals surface area contributed by atoms with Crippen molar-refractivity contribution in [1.82, 2.24) is 14.5 Å². The Balaban J connectivity index is 1.68. The summed E-state index contributed by atoms with van der Waals surface area (Å²) in [6.07, 6.45) is -2.07. The van der Waals surface area contributed by atoms with Crippen LogP contribution < -0.4 is 4.74 Å². The van der Waals surface area contributed by atoms with Crippen LogP contribution in [-0.2, 0) is 6.18 Å². The molecule has 38 heavy (non-hydrogen) atoms. The molecule has 1 aliphatic heterocycles. The molecule has 4 aromatic rings. The smallest absolute Gasteiger partial charge is 0.416 e. The molecule has 5 nitrogen and oxygen atoms in total. The van der Waals surface area contributed by atoms with Gasteiger partial charge in [-0.3, -0.25) is 9.36 Å². The number of piperidine rings is 1. The number of alkyl halides is 3. The molecule has 1 fully saturated rings. The summed E-state index contributed by atoms with van der Waals surface area (Å²) < 4.78 is 47.8. The van der Waals surface area contributed by atoms with Crippen LogP contribution >= 0.6 is 0 Å². The largest absolute Gasteiger partial charge is 0.497 e. The first-order chi connectivity index (χ1) is 18.1. The molecule has 198 valence electrons. The predicted octanol–water partition coefficient (Wildman–Crippen LogP) is 7.35. The van der Waals surface area contributed by atoms with E-state index in [9.17, 15) is 18.0 Å². The van der Waals surface area contributed by atoms with Gasteiger partial charge < -0.3 is 9.64 Å². The van der Waals surface area contributed by atoms with Crippen LogP contribution in [0.1, 0.15) is 63.7 Å². The molecule has 0 saturated carbocycles. The Morgan fingerprint density at radius 1 is 0.974 bits per heavy atom. The highest BCUT2D eigenvalue weighted by Crippen LogP contribution is 2.38. The van der Waals surface area contributed by atoms with E-state index >= 15 is 0 Å². The maximum atomic E-state index is 14.0. The van der Waals surface area contributed by atoms with Crippen molar-refractivity contribution < 1.29 is 22.7 Å². The lowest BCUT2D eigenvalue weighted by Gasteiger charge is -2.36. The number of carbonyl (C=O) groups is 1. The quantitative estimate of drug-likeness (QED) is 0.282. The fourth-order valence-corrected chi connectivity index (χ4v) is 5.61. The first-order valence-electron chi connectivity index (χ1n) is 12.7. The summed E-state index contributed by atoms with van der Waals surface area (Å²) in [6, 6.07) is 14.6. The second kappa shape index (κ2) is 9.82. The molecule has 5 rings (SSSR count). The van der Waals surface area contributed by atoms with Crippen LogP contribution in [0.15, 0.2) is 54.6 Å². The number of amides is 1. The molecule has 0 aliphatic carbocycles. The van der Waals surface area contributed by atoms with Gasteiger partial charge in [0.15, 0.2) is 0 Å². The van der Waals surface area contributed by atoms with Gasteiger partial charge in [0.2, 0.25) is 0 Å². The number of methoxy groups -OCH3 is 1. The number of fused-ring (bicyclic) bond motifs is 1. The van der Waals surface area contributed by atoms with Gasteiger partial charge in [-0.2, -0.15) is 13.2 Å². The number of rotatable bonds is 4. The maximum Gasteiger partial charge on any atom is 0.416 e. The molecule has 2 heterocycles. The SMILES string of the molecule is COc1ccc(-n2c(C3CCCCN3C(=O)c3c(C)cc(C)cc3C)nc3cc(C(F)(F)F)ccc32)cc1. The lowest BCUT2D eigenvalue weighted by atomic mass is 9.95. The number of benzene rings is 3. The summed E-state index contributed by atoms with van der Waals surface area (Å²) >= 11 is 0. The number of imidazole rings is 1. The molecule has 1 amide bonds. The molecular formula is C30H30F3N3O2. The normalized spacial score (nSPS) is 16.2. The lowest BCUT2D eigenvalue weighted by molar-refractivity contribution is -0.137. The van der Waals surface area contributed by atoms with Crippen molar-refractivity contribution in [3.63, 3.8) is 0 Å². The Morgan fingerprint density at radius 2 is 1.66 bits per heavy atom. The number of likely N-dealkylation sites (tertiary alicyclic amines) is 1. The van der Waals surface area contributed by atoms with Gasteiger partial charge >= 0.3 is 6.18 Å². The molecule has 1 unspecified atom stereocenters. The highest BCUT2D eigenvalue weighted by molar-refractivity contribution is 5.97. The number of hydrogen-bond donors (Lipinski definition) is 0. The van der Waals surface area contributed by atoms with E-state index in [1.165, 1.54) is 6.07 Å². The molecule has 1 atom stereocenters. The molecule has 3 aromatic carbocycles. The van der Waals surface area contributed by atoms with Gasteiger partial charge in [-0.05, 0) is 93.6 Å². The number of ether oxygens (including phenoxy) is 1. The first kappa shape index (κ1) is 25.8. The Kier molecular flexibility index (Phi) is 6.67. The third kappa shape index (κ3) is 4.64. The van der Waals surface area contributed by atoms with E-state index in [0.717, 1.165) is 47.4 Å². The molecule has 0 spiro atoms. The van der Waals surface area contributed by atoms with Crippen molar-refractivity contribution in [2.24, 2.45) is 0 Å². The molecule has 8 heteroatoms. The van der Waals surface area contributed by atoms with Crippen LogP contribution in [0.5, 0.6) is 5.75 Å². The lowest BCUT2D eigenvalue weighted by Crippen LogP contribution is -2.40. The molecule has 0 N–H and O–H groups in total. The third-order valence-electron chi connectivity index (χ3n) is 7.29. The van der Waals surface area contributed by atoms with E-state index in [0.29, 0.717) is 35.6 Å². The topological polar surface area (TPSA) is 47.4 Å². The van der Waals surface area contributed by atoms with Gasteiger partial charge in [0.05, 0.1) is 29.7 Å². The first-order valence-corrected chi connectivity index (χ1v) is 12.7. The highest BCUT2D eigenvalue weighted by atomic mass is 19.4. The predicted molar refractivity (Wildman–Crippen MR) is 141 cm³/mol. The minimum Gasteiger partial charge on any atom is -0.497 e. The number of aromatic nitrogens is 2. The van der Waals surface area contributed by atoms with E-state index in [2.05, 4.69) is 0 Å². The zero-order chi connectivity index (χ0) is 27.2. The van der Waals surface area contributed by atoms with Crippen LogP contribution in [0.4, 0.5) is 13.2 Å². The van der Waals surface area contributed by atoms with Gasteiger partial charge in [-0.15, -0.1) is 0 Å². The van der Waals surface area contributed by atoms with Crippen LogP contribution in [-0.4, -0.2) is 34.0 Å². The molecule has 1 aliphatic rings. The van der Waals surface area contributed by atoms with Crippen molar-refractivity contribution in [2.45, 2.75) is 52.3 Å². The Bertz CT molecular complexity index is 1480. The minimum absolute atomic E-state index is 0.0750. The average molecular weight is 522 g/mol. The zero-order valence-electron chi connectivity index (χ0n) is 21.9. The van der Waals surface area contributed by atoms with Crippen molar-refractivity contribution in [3.05, 3.63) is 88.2 Å². The van der Waals surface area contributed by atoms with E-state index in [-0.39, 0.29) is 17.5 Å². The Morgan fingerprint density at radius 3 is 2.29 bits per heavy atom. The van der Waals surface area contributed by atoms with E-state index in [4.69, 9.17) is 9.72 Å². The van der Waals surface area contributed by atoms with Crippen molar-refractivity contribution in [1.29, 1.82) is 0 Å². The summed E-state index contributed by atoms with van der Waals surface area (Å²) in [7, 11) is 1.58. The van der Waals surface area contributed by atoms with Crippen molar-refractivity contribution in [2.75, 3.05) is 13.7 Å². The second-order valence-electron chi connectivity index (χ2n) is 9.99. The van der Waals surface area contributed by atoms with E-state index < -0.39 is 11.7 Å². The van der Waals surface area contributed by atoms with Crippen molar-refractivity contribution >= 4 is 16.9 Å². The number of aryl methyl sites for hydroxylation is 3. The summed E-state index contributed by atoms with van der Waals surface area (Å²) in [4.78, 5) is 20.6. The fraction of sp³-hybridized carbons (Fsp3) is 0.333. The van der Waals surface area contributed by atoms with Crippen LogP contribution in [0, 0.1) is 20.8 Å². The maximum absolute atomic E-state index is 14.0. The van der Waals surface area contributed by atoms with Crippen LogP contribution in [0.3, 0.4) is 0 Å². The minimum atomic E-state index is -4.48. The summed E-state index contributed by atoms with van der Waals surface area (Å²) in [6.45, 7) is 6.44. The zero-order valence-corrected chi connectivity index (χ0v) is 21.9. The second-order valence-corrected chi connectivity index (χ2v) is 9.99. The summed E-state index contributed by atoms with van der Waals surface area (Å²) in [5, 5.41) is 0. The molecule has 0 bridgehead atoms. The number of nitrogens with zero attached hydrogens (tertiary/aromatic N) is 3. The van der Waals surface area contributed by atoms with Gasteiger partial charge in [0, 0.05) is 17.8 Å². The summed E-state index contributed by atoms with van der Waals surface area (Å²) in [5.41, 5.74) is 4.38. The van der Waals surface area contributed by atoms with E-state index in [1.807, 2.05) is 54.5 Å². The molecule has 1 aromatic heterocycles. The van der Waals surface area contributed by atoms with Gasteiger partial charge in [-0.1, -0.05) is 17.7 Å². The number of carbonyl (C=O) groups excluding carboxylic acids is 1. The van der Waals surface area contributed by atoms with Crippen LogP contribution in [0.25, 0.3) is 16.7 Å². The van der Waals surface area contributed by atoms with Gasteiger partial charge in [0.25, 0.3) is 5.91 Å². The summed E-state index contributed by atoms with van der Waals surface area (Å²) in [5.74, 6) is 1.15.